The first-order chi connectivity index (χ1) is 12.2. The zero-order valence-corrected chi connectivity index (χ0v) is 13.9. The van der Waals surface area contributed by atoms with Crippen molar-refractivity contribution in [1.29, 1.82) is 0 Å². The van der Waals surface area contributed by atoms with Crippen molar-refractivity contribution in [2.24, 2.45) is 0 Å². The number of hydrogen-bond donors (Lipinski definition) is 0. The van der Waals surface area contributed by atoms with Crippen LogP contribution in [0.2, 0.25) is 0 Å². The van der Waals surface area contributed by atoms with Crippen molar-refractivity contribution in [2.45, 2.75) is 12.8 Å². The van der Waals surface area contributed by atoms with E-state index >= 15 is 0 Å². The van der Waals surface area contributed by atoms with Crippen molar-refractivity contribution in [3.8, 4) is 28.6 Å². The molecule has 0 spiro atoms. The van der Waals surface area contributed by atoms with Crippen LogP contribution < -0.4 is 19.6 Å². The lowest BCUT2D eigenvalue weighted by molar-refractivity contribution is 0.223. The highest BCUT2D eigenvalue weighted by Crippen LogP contribution is 2.34. The molecule has 128 valence electrons. The van der Waals surface area contributed by atoms with Crippen LogP contribution in [0.4, 0.5) is 0 Å². The minimum atomic E-state index is -0.0946. The highest BCUT2D eigenvalue weighted by Gasteiger charge is 2.13. The fourth-order valence-corrected chi connectivity index (χ4v) is 2.87. The summed E-state index contributed by atoms with van der Waals surface area (Å²) in [7, 11) is 1.58. The van der Waals surface area contributed by atoms with Gasteiger partial charge >= 0.3 is 0 Å². The van der Waals surface area contributed by atoms with Crippen LogP contribution in [-0.4, -0.2) is 20.3 Å². The van der Waals surface area contributed by atoms with E-state index in [4.69, 9.17) is 18.6 Å². The summed E-state index contributed by atoms with van der Waals surface area (Å²) in [6.07, 6.45) is 1.93. The van der Waals surface area contributed by atoms with Gasteiger partial charge in [0.1, 0.15) is 17.1 Å². The lowest BCUT2D eigenvalue weighted by Crippen LogP contribution is -2.08. The zero-order valence-electron chi connectivity index (χ0n) is 13.9. The molecule has 0 radical (unpaired) electrons. The Morgan fingerprint density at radius 1 is 0.920 bits per heavy atom. The van der Waals surface area contributed by atoms with Crippen LogP contribution in [0.3, 0.4) is 0 Å². The standard InChI is InChI=1S/C20H18O5/c1-22-14-5-6-15-16(21)12-18(25-19(15)11-14)13-4-7-17-20(10-13)24-9-3-2-8-23-17/h4-7,10-12H,2-3,8-9H2,1H3. The van der Waals surface area contributed by atoms with E-state index in [0.29, 0.717) is 47.2 Å². The predicted octanol–water partition coefficient (Wildman–Crippen LogP) is 4.02. The molecular weight excluding hydrogens is 320 g/mol. The Hall–Kier alpha value is -2.95. The highest BCUT2D eigenvalue weighted by molar-refractivity contribution is 5.80. The second-order valence-corrected chi connectivity index (χ2v) is 5.90. The molecule has 1 aliphatic rings. The molecule has 0 atom stereocenters. The summed E-state index contributed by atoms with van der Waals surface area (Å²) < 4.78 is 22.6. The van der Waals surface area contributed by atoms with Crippen molar-refractivity contribution >= 4 is 11.0 Å². The number of benzene rings is 2. The molecule has 25 heavy (non-hydrogen) atoms. The smallest absolute Gasteiger partial charge is 0.193 e. The van der Waals surface area contributed by atoms with Crippen LogP contribution in [0.5, 0.6) is 17.2 Å². The summed E-state index contributed by atoms with van der Waals surface area (Å²) in [5.41, 5.74) is 1.17. The normalized spacial score (nSPS) is 14.0. The molecule has 2 heterocycles. The van der Waals surface area contributed by atoms with Gasteiger partial charge in [-0.2, -0.15) is 0 Å². The number of hydrogen-bond acceptors (Lipinski definition) is 5. The number of methoxy groups -OCH3 is 1. The molecule has 1 aliphatic heterocycles. The highest BCUT2D eigenvalue weighted by atomic mass is 16.5. The fourth-order valence-electron chi connectivity index (χ4n) is 2.87. The maximum atomic E-state index is 12.4. The van der Waals surface area contributed by atoms with Crippen LogP contribution in [0.15, 0.2) is 51.7 Å². The monoisotopic (exact) mass is 338 g/mol. The Kier molecular flexibility index (Phi) is 4.06. The first-order valence-electron chi connectivity index (χ1n) is 8.26. The van der Waals surface area contributed by atoms with Gasteiger partial charge in [-0.25, -0.2) is 0 Å². The van der Waals surface area contributed by atoms with E-state index in [1.165, 1.54) is 6.07 Å². The Balaban J connectivity index is 1.81. The van der Waals surface area contributed by atoms with E-state index in [9.17, 15) is 4.79 Å². The quantitative estimate of drug-likeness (QED) is 0.706. The molecule has 3 aromatic rings. The molecule has 5 nitrogen and oxygen atoms in total. The second-order valence-electron chi connectivity index (χ2n) is 5.90. The van der Waals surface area contributed by atoms with Crippen LogP contribution in [-0.2, 0) is 0 Å². The summed E-state index contributed by atoms with van der Waals surface area (Å²) in [5.74, 6) is 2.51. The fraction of sp³-hybridized carbons (Fsp3) is 0.250. The Labute approximate surface area is 144 Å². The average Bonchev–Trinajstić information content (AvgIpc) is 2.61. The van der Waals surface area contributed by atoms with Gasteiger partial charge < -0.3 is 18.6 Å². The van der Waals surface area contributed by atoms with Crippen LogP contribution in [0.1, 0.15) is 12.8 Å². The molecule has 0 saturated carbocycles. The summed E-state index contributed by atoms with van der Waals surface area (Å²) in [6.45, 7) is 1.33. The third kappa shape index (κ3) is 3.05. The minimum Gasteiger partial charge on any atom is -0.497 e. The van der Waals surface area contributed by atoms with Gasteiger partial charge in [0, 0.05) is 17.7 Å². The lowest BCUT2D eigenvalue weighted by atomic mass is 10.1. The van der Waals surface area contributed by atoms with Crippen molar-refractivity contribution in [3.05, 3.63) is 52.7 Å². The number of fused-ring (bicyclic) bond motifs is 2. The molecule has 0 bridgehead atoms. The first-order valence-corrected chi connectivity index (χ1v) is 8.26. The van der Waals surface area contributed by atoms with Crippen LogP contribution >= 0.6 is 0 Å². The number of ether oxygens (including phenoxy) is 3. The van der Waals surface area contributed by atoms with Gasteiger partial charge in [-0.05, 0) is 43.2 Å². The SMILES string of the molecule is COc1ccc2c(=O)cc(-c3ccc4c(c3)OCCCCO4)oc2c1. The summed E-state index contributed by atoms with van der Waals surface area (Å²) >= 11 is 0. The van der Waals surface area contributed by atoms with Crippen molar-refractivity contribution in [1.82, 2.24) is 0 Å². The molecule has 0 aliphatic carbocycles. The average molecular weight is 338 g/mol. The molecule has 5 heteroatoms. The van der Waals surface area contributed by atoms with Gasteiger partial charge in [-0.3, -0.25) is 4.79 Å². The van der Waals surface area contributed by atoms with E-state index in [0.717, 1.165) is 18.4 Å². The second kappa shape index (κ2) is 6.51. The zero-order chi connectivity index (χ0) is 17.2. The molecule has 4 rings (SSSR count). The van der Waals surface area contributed by atoms with Crippen molar-refractivity contribution < 1.29 is 18.6 Å². The molecule has 2 aromatic carbocycles. The third-order valence-electron chi connectivity index (χ3n) is 4.22. The van der Waals surface area contributed by atoms with Crippen molar-refractivity contribution in [2.75, 3.05) is 20.3 Å². The van der Waals surface area contributed by atoms with Crippen LogP contribution in [0.25, 0.3) is 22.3 Å². The molecule has 1 aromatic heterocycles. The Morgan fingerprint density at radius 2 is 1.72 bits per heavy atom. The van der Waals surface area contributed by atoms with Gasteiger partial charge in [0.2, 0.25) is 0 Å². The van der Waals surface area contributed by atoms with E-state index in [2.05, 4.69) is 0 Å². The summed E-state index contributed by atoms with van der Waals surface area (Å²) in [6, 6.07) is 12.2. The topological polar surface area (TPSA) is 57.9 Å². The third-order valence-corrected chi connectivity index (χ3v) is 4.22. The largest absolute Gasteiger partial charge is 0.497 e. The van der Waals surface area contributed by atoms with Gasteiger partial charge in [0.25, 0.3) is 0 Å². The minimum absolute atomic E-state index is 0.0946. The predicted molar refractivity (Wildman–Crippen MR) is 94.7 cm³/mol. The van der Waals surface area contributed by atoms with Gasteiger partial charge in [0.15, 0.2) is 16.9 Å². The molecule has 0 fully saturated rings. The summed E-state index contributed by atoms with van der Waals surface area (Å²) in [4.78, 5) is 12.4. The Morgan fingerprint density at radius 3 is 2.52 bits per heavy atom. The summed E-state index contributed by atoms with van der Waals surface area (Å²) in [5, 5.41) is 0.524. The van der Waals surface area contributed by atoms with E-state index in [1.807, 2.05) is 18.2 Å². The molecule has 0 unspecified atom stereocenters. The molecule has 0 amide bonds. The van der Waals surface area contributed by atoms with Crippen molar-refractivity contribution in [3.63, 3.8) is 0 Å². The van der Waals surface area contributed by atoms with Gasteiger partial charge in [-0.15, -0.1) is 0 Å². The molecular formula is C20H18O5. The Bertz CT molecular complexity index is 973. The lowest BCUT2D eigenvalue weighted by Gasteiger charge is -2.17. The van der Waals surface area contributed by atoms with Gasteiger partial charge in [-0.1, -0.05) is 0 Å². The number of rotatable bonds is 2. The maximum Gasteiger partial charge on any atom is 0.193 e. The van der Waals surface area contributed by atoms with Gasteiger partial charge in [0.05, 0.1) is 25.7 Å². The first kappa shape index (κ1) is 15.6. The molecule has 0 N–H and O–H groups in total. The maximum absolute atomic E-state index is 12.4. The molecule has 0 saturated heterocycles. The van der Waals surface area contributed by atoms with E-state index in [-0.39, 0.29) is 5.43 Å². The van der Waals surface area contributed by atoms with Crippen LogP contribution in [0, 0.1) is 0 Å². The van der Waals surface area contributed by atoms with E-state index in [1.54, 1.807) is 25.3 Å². The van der Waals surface area contributed by atoms with E-state index < -0.39 is 0 Å².